The van der Waals surface area contributed by atoms with Gasteiger partial charge < -0.3 is 10.2 Å². The molecule has 0 heterocycles. The standard InChI is InChI=1S/C7H13NO3/c9-5-1-2-8(3-6-10)4-7-11/h1,10-11H,2-4,6-7H2. The monoisotopic (exact) mass is 159 g/mol. The van der Waals surface area contributed by atoms with Crippen LogP contribution in [0.2, 0.25) is 0 Å². The van der Waals surface area contributed by atoms with Gasteiger partial charge >= 0.3 is 0 Å². The summed E-state index contributed by atoms with van der Waals surface area (Å²) >= 11 is 0. The van der Waals surface area contributed by atoms with Gasteiger partial charge in [-0.1, -0.05) is 0 Å². The van der Waals surface area contributed by atoms with E-state index < -0.39 is 0 Å². The molecule has 0 saturated carbocycles. The molecule has 64 valence electrons. The highest BCUT2D eigenvalue weighted by Crippen LogP contribution is 1.85. The van der Waals surface area contributed by atoms with E-state index >= 15 is 0 Å². The van der Waals surface area contributed by atoms with E-state index in [0.29, 0.717) is 19.6 Å². The Morgan fingerprint density at radius 2 is 1.82 bits per heavy atom. The Kier molecular flexibility index (Phi) is 6.98. The Balaban J connectivity index is 3.58. The molecule has 0 aliphatic carbocycles. The summed E-state index contributed by atoms with van der Waals surface area (Å²) in [4.78, 5) is 11.5. The molecule has 0 fully saturated rings. The molecule has 0 aliphatic heterocycles. The van der Waals surface area contributed by atoms with E-state index in [9.17, 15) is 4.79 Å². The second kappa shape index (κ2) is 7.44. The van der Waals surface area contributed by atoms with E-state index in [1.165, 1.54) is 6.08 Å². The molecule has 11 heavy (non-hydrogen) atoms. The van der Waals surface area contributed by atoms with Crippen LogP contribution in [0.4, 0.5) is 0 Å². The molecular formula is C7H13NO3. The zero-order valence-electron chi connectivity index (χ0n) is 6.36. The lowest BCUT2D eigenvalue weighted by molar-refractivity contribution is 0.172. The molecule has 0 bridgehead atoms. The summed E-state index contributed by atoms with van der Waals surface area (Å²) in [6.45, 7) is 1.45. The second-order valence-electron chi connectivity index (χ2n) is 2.07. The topological polar surface area (TPSA) is 60.8 Å². The van der Waals surface area contributed by atoms with Crippen molar-refractivity contribution in [1.82, 2.24) is 4.90 Å². The third-order valence-corrected chi connectivity index (χ3v) is 1.27. The van der Waals surface area contributed by atoms with Crippen LogP contribution < -0.4 is 0 Å². The first-order valence-electron chi connectivity index (χ1n) is 3.48. The van der Waals surface area contributed by atoms with Crippen LogP contribution >= 0.6 is 0 Å². The molecular weight excluding hydrogens is 146 g/mol. The number of aliphatic hydroxyl groups is 2. The molecule has 0 aromatic rings. The van der Waals surface area contributed by atoms with Crippen LogP contribution in [-0.2, 0) is 4.79 Å². The van der Waals surface area contributed by atoms with Gasteiger partial charge in [0.05, 0.1) is 13.2 Å². The molecule has 0 aliphatic rings. The molecule has 2 N–H and O–H groups in total. The molecule has 0 rings (SSSR count). The van der Waals surface area contributed by atoms with Crippen molar-refractivity contribution in [1.29, 1.82) is 0 Å². The van der Waals surface area contributed by atoms with Crippen LogP contribution in [0.1, 0.15) is 0 Å². The number of hydrogen-bond acceptors (Lipinski definition) is 4. The molecule has 0 unspecified atom stereocenters. The van der Waals surface area contributed by atoms with E-state index in [1.54, 1.807) is 10.8 Å². The Bertz CT molecular complexity index is 126. The van der Waals surface area contributed by atoms with Crippen LogP contribution in [0.3, 0.4) is 0 Å². The van der Waals surface area contributed by atoms with Gasteiger partial charge in [-0.2, -0.15) is 0 Å². The molecule has 0 spiro atoms. The predicted octanol–water partition coefficient (Wildman–Crippen LogP) is -1.34. The van der Waals surface area contributed by atoms with E-state index in [4.69, 9.17) is 10.2 Å². The molecule has 0 aromatic carbocycles. The average Bonchev–Trinajstić information content (AvgIpc) is 2.01. The predicted molar refractivity (Wildman–Crippen MR) is 40.9 cm³/mol. The van der Waals surface area contributed by atoms with Crippen molar-refractivity contribution in [3.8, 4) is 0 Å². The molecule has 0 atom stereocenters. The van der Waals surface area contributed by atoms with Crippen molar-refractivity contribution in [2.75, 3.05) is 32.8 Å². The summed E-state index contributed by atoms with van der Waals surface area (Å²) in [7, 11) is 0. The number of nitrogens with zero attached hydrogens (tertiary/aromatic N) is 1. The van der Waals surface area contributed by atoms with Crippen LogP contribution in [0.5, 0.6) is 0 Å². The maximum atomic E-state index is 9.79. The van der Waals surface area contributed by atoms with Crippen molar-refractivity contribution in [2.24, 2.45) is 0 Å². The third kappa shape index (κ3) is 5.76. The van der Waals surface area contributed by atoms with Crippen molar-refractivity contribution in [2.45, 2.75) is 0 Å². The zero-order chi connectivity index (χ0) is 8.53. The Hall–Kier alpha value is -0.670. The van der Waals surface area contributed by atoms with E-state index in [2.05, 4.69) is 0 Å². The maximum Gasteiger partial charge on any atom is 0.121 e. The zero-order valence-corrected chi connectivity index (χ0v) is 6.36. The third-order valence-electron chi connectivity index (χ3n) is 1.27. The van der Waals surface area contributed by atoms with Crippen LogP contribution in [0.15, 0.2) is 6.08 Å². The van der Waals surface area contributed by atoms with Crippen molar-refractivity contribution < 1.29 is 15.0 Å². The molecule has 0 aromatic heterocycles. The van der Waals surface area contributed by atoms with Gasteiger partial charge in [0.15, 0.2) is 0 Å². The summed E-state index contributed by atoms with van der Waals surface area (Å²) in [5.74, 6) is 1.64. The van der Waals surface area contributed by atoms with Gasteiger partial charge in [0.25, 0.3) is 0 Å². The first-order valence-corrected chi connectivity index (χ1v) is 3.48. The van der Waals surface area contributed by atoms with Gasteiger partial charge in [0.2, 0.25) is 0 Å². The largest absolute Gasteiger partial charge is 0.395 e. The highest BCUT2D eigenvalue weighted by Gasteiger charge is 1.99. The van der Waals surface area contributed by atoms with Gasteiger partial charge in [-0.3, -0.25) is 4.90 Å². The van der Waals surface area contributed by atoms with Crippen molar-refractivity contribution >= 4 is 5.94 Å². The van der Waals surface area contributed by atoms with Gasteiger partial charge in [0, 0.05) is 25.7 Å². The van der Waals surface area contributed by atoms with E-state index in [1.807, 2.05) is 0 Å². The maximum absolute atomic E-state index is 9.79. The first kappa shape index (κ1) is 10.3. The summed E-state index contributed by atoms with van der Waals surface area (Å²) in [6, 6.07) is 0. The number of hydrogen-bond donors (Lipinski definition) is 2. The highest BCUT2D eigenvalue weighted by molar-refractivity contribution is 5.45. The van der Waals surface area contributed by atoms with Crippen molar-refractivity contribution in [3.05, 3.63) is 6.08 Å². The summed E-state index contributed by atoms with van der Waals surface area (Å²) < 4.78 is 0. The fraction of sp³-hybridized carbons (Fsp3) is 0.714. The van der Waals surface area contributed by atoms with Gasteiger partial charge in [-0.05, 0) is 0 Å². The second-order valence-corrected chi connectivity index (χ2v) is 2.07. The molecule has 4 nitrogen and oxygen atoms in total. The number of rotatable bonds is 6. The van der Waals surface area contributed by atoms with Crippen LogP contribution in [-0.4, -0.2) is 53.9 Å². The lowest BCUT2D eigenvalue weighted by Crippen LogP contribution is -2.30. The smallest absolute Gasteiger partial charge is 0.121 e. The molecule has 4 heteroatoms. The Morgan fingerprint density at radius 3 is 2.18 bits per heavy atom. The Labute approximate surface area is 65.7 Å². The fourth-order valence-corrected chi connectivity index (χ4v) is 0.744. The van der Waals surface area contributed by atoms with Crippen LogP contribution in [0, 0.1) is 0 Å². The van der Waals surface area contributed by atoms with E-state index in [0.717, 1.165) is 0 Å². The quantitative estimate of drug-likeness (QED) is 0.471. The van der Waals surface area contributed by atoms with Gasteiger partial charge in [-0.15, -0.1) is 0 Å². The average molecular weight is 159 g/mol. The number of aliphatic hydroxyl groups excluding tert-OH is 2. The molecule has 0 amide bonds. The highest BCUT2D eigenvalue weighted by atomic mass is 16.3. The summed E-state index contributed by atoms with van der Waals surface area (Å²) in [5.41, 5.74) is 0. The number of carbonyl (C=O) groups excluding carboxylic acids is 1. The molecule has 0 saturated heterocycles. The lowest BCUT2D eigenvalue weighted by atomic mass is 10.4. The van der Waals surface area contributed by atoms with Crippen LogP contribution in [0.25, 0.3) is 0 Å². The molecule has 0 radical (unpaired) electrons. The van der Waals surface area contributed by atoms with Crippen molar-refractivity contribution in [3.63, 3.8) is 0 Å². The summed E-state index contributed by atoms with van der Waals surface area (Å²) in [5, 5.41) is 17.1. The normalized spacial score (nSPS) is 9.73. The minimum Gasteiger partial charge on any atom is -0.395 e. The fourth-order valence-electron chi connectivity index (χ4n) is 0.744. The van der Waals surface area contributed by atoms with Gasteiger partial charge in [-0.25, -0.2) is 4.79 Å². The van der Waals surface area contributed by atoms with E-state index in [-0.39, 0.29) is 13.2 Å². The first-order chi connectivity index (χ1) is 5.35. The SMILES string of the molecule is O=C=CCN(CCO)CCO. The minimum atomic E-state index is 0.0344. The van der Waals surface area contributed by atoms with Gasteiger partial charge in [0.1, 0.15) is 5.94 Å². The summed E-state index contributed by atoms with van der Waals surface area (Å²) in [6.07, 6.45) is 1.32. The minimum absolute atomic E-state index is 0.0344. The lowest BCUT2D eigenvalue weighted by Gasteiger charge is -2.16. The Morgan fingerprint density at radius 1 is 1.27 bits per heavy atom.